The Hall–Kier alpha value is -2.12. The van der Waals surface area contributed by atoms with Gasteiger partial charge in [0.25, 0.3) is 0 Å². The van der Waals surface area contributed by atoms with Crippen molar-refractivity contribution in [2.24, 2.45) is 0 Å². The number of hydrogen-bond acceptors (Lipinski definition) is 2. The van der Waals surface area contributed by atoms with E-state index in [4.69, 9.17) is 5.63 Å². The van der Waals surface area contributed by atoms with E-state index in [0.29, 0.717) is 0 Å². The Bertz CT molecular complexity index is 1140. The van der Waals surface area contributed by atoms with Crippen LogP contribution < -0.4 is 5.63 Å². The number of para-hydroxylation sites is 2. The Morgan fingerprint density at radius 1 is 0.515 bits per heavy atom. The Kier molecular flexibility index (Phi) is 6.74. The van der Waals surface area contributed by atoms with E-state index in [-0.39, 0.29) is 0 Å². The third kappa shape index (κ3) is 4.26. The maximum atomic E-state index is 7.34. The predicted octanol–water partition coefficient (Wildman–Crippen LogP) is 8.77. The van der Waals surface area contributed by atoms with Gasteiger partial charge in [-0.1, -0.05) is 0 Å². The molecule has 4 rings (SSSR count). The van der Waals surface area contributed by atoms with Crippen LogP contribution in [0.5, 0.6) is 11.5 Å². The molecule has 0 amide bonds. The van der Waals surface area contributed by atoms with Gasteiger partial charge in [-0.3, -0.25) is 0 Å². The fraction of sp³-hybridized carbons (Fsp3) is 0.333. The fourth-order valence-electron chi connectivity index (χ4n) is 5.36. The van der Waals surface area contributed by atoms with Crippen molar-refractivity contribution in [2.75, 3.05) is 0 Å². The molecule has 0 aliphatic heterocycles. The monoisotopic (exact) mass is 518 g/mol. The second kappa shape index (κ2) is 9.26. The van der Waals surface area contributed by atoms with Gasteiger partial charge in [0.05, 0.1) is 0 Å². The van der Waals surface area contributed by atoms with Crippen LogP contribution >= 0.6 is 0 Å². The van der Waals surface area contributed by atoms with Crippen molar-refractivity contribution in [1.29, 1.82) is 0 Å². The molecule has 2 aliphatic carbocycles. The molecule has 2 aromatic rings. The van der Waals surface area contributed by atoms with Gasteiger partial charge >= 0.3 is 206 Å². The topological polar surface area (TPSA) is 18.5 Å². The van der Waals surface area contributed by atoms with Crippen LogP contribution in [0.15, 0.2) is 88.5 Å². The second-order valence-electron chi connectivity index (χ2n) is 9.83. The molecule has 172 valence electrons. The molecule has 2 nitrogen and oxygen atoms in total. The summed E-state index contributed by atoms with van der Waals surface area (Å²) in [5, 5.41) is 0. The first-order valence-corrected chi connectivity index (χ1v) is 16.4. The molecule has 0 atom stereocenters. The van der Waals surface area contributed by atoms with Crippen LogP contribution in [0.1, 0.15) is 65.5 Å². The number of allylic oxidation sites excluding steroid dienone is 8. The van der Waals surface area contributed by atoms with Crippen LogP contribution in [0, 0.1) is 13.8 Å². The van der Waals surface area contributed by atoms with Crippen molar-refractivity contribution in [3.63, 3.8) is 0 Å². The Morgan fingerprint density at radius 3 is 1.18 bits per heavy atom. The molecule has 0 radical (unpaired) electrons. The van der Waals surface area contributed by atoms with E-state index in [1.165, 1.54) is 40.0 Å². The fourth-order valence-corrected chi connectivity index (χ4v) is 16.4. The van der Waals surface area contributed by atoms with Crippen LogP contribution in [0.25, 0.3) is 0 Å². The summed E-state index contributed by atoms with van der Waals surface area (Å²) in [6.45, 7) is 17.9. The van der Waals surface area contributed by atoms with Crippen molar-refractivity contribution in [2.45, 2.75) is 68.2 Å². The zero-order chi connectivity index (χ0) is 23.9. The first-order chi connectivity index (χ1) is 15.7. The van der Waals surface area contributed by atoms with Crippen molar-refractivity contribution >= 4 is 0 Å². The van der Waals surface area contributed by atoms with Gasteiger partial charge in [-0.25, -0.2) is 0 Å². The van der Waals surface area contributed by atoms with Gasteiger partial charge in [0.15, 0.2) is 0 Å². The summed E-state index contributed by atoms with van der Waals surface area (Å²) in [6.07, 6.45) is 2.00. The molecule has 0 N–H and O–H groups in total. The maximum absolute atomic E-state index is 7.34. The second-order valence-corrected chi connectivity index (χ2v) is 16.3. The van der Waals surface area contributed by atoms with Crippen LogP contribution in [-0.2, 0) is 21.1 Å². The predicted molar refractivity (Wildman–Crippen MR) is 135 cm³/mol. The molecule has 0 bridgehead atoms. The summed E-state index contributed by atoms with van der Waals surface area (Å²) >= 11 is -4.24. The van der Waals surface area contributed by atoms with Crippen LogP contribution in [0.4, 0.5) is 0 Å². The van der Waals surface area contributed by atoms with Crippen LogP contribution in [-0.4, -0.2) is 0 Å². The van der Waals surface area contributed by atoms with E-state index in [0.717, 1.165) is 35.5 Å². The summed E-state index contributed by atoms with van der Waals surface area (Å²) in [4.78, 5) is 0. The molecule has 0 spiro atoms. The van der Waals surface area contributed by atoms with Crippen molar-refractivity contribution < 1.29 is 26.8 Å². The summed E-state index contributed by atoms with van der Waals surface area (Å²) < 4.78 is 17.4. The third-order valence-electron chi connectivity index (χ3n) is 7.30. The molecule has 0 heterocycles. The van der Waals surface area contributed by atoms with Crippen LogP contribution in [0.2, 0.25) is 0 Å². The third-order valence-corrected chi connectivity index (χ3v) is 17.0. The molecule has 0 fully saturated rings. The molecule has 2 aromatic carbocycles. The van der Waals surface area contributed by atoms with Crippen LogP contribution in [0.3, 0.4) is 0 Å². The van der Waals surface area contributed by atoms with E-state index in [9.17, 15) is 0 Å². The van der Waals surface area contributed by atoms with Crippen molar-refractivity contribution in [1.82, 2.24) is 0 Å². The Morgan fingerprint density at radius 2 is 0.879 bits per heavy atom. The minimum atomic E-state index is -4.24. The molecule has 3 heteroatoms. The van der Waals surface area contributed by atoms with E-state index in [1.54, 1.807) is 0 Å². The first kappa shape index (κ1) is 24.0. The molecule has 0 saturated carbocycles. The zero-order valence-electron chi connectivity index (χ0n) is 21.3. The van der Waals surface area contributed by atoms with E-state index in [1.807, 2.05) is 0 Å². The summed E-state index contributed by atoms with van der Waals surface area (Å²) in [5.41, 5.74) is 10.7. The van der Waals surface area contributed by atoms with Gasteiger partial charge in [0, 0.05) is 0 Å². The number of hydrogen-bond donors (Lipinski definition) is 0. The van der Waals surface area contributed by atoms with E-state index in [2.05, 4.69) is 104 Å². The zero-order valence-corrected chi connectivity index (χ0v) is 23.8. The average Bonchev–Trinajstić information content (AvgIpc) is 3.17. The van der Waals surface area contributed by atoms with Gasteiger partial charge < -0.3 is 0 Å². The molecule has 0 aromatic heterocycles. The van der Waals surface area contributed by atoms with Gasteiger partial charge in [0.2, 0.25) is 0 Å². The molecule has 33 heavy (non-hydrogen) atoms. The van der Waals surface area contributed by atoms with E-state index >= 15 is 0 Å². The summed E-state index contributed by atoms with van der Waals surface area (Å²) in [6, 6.07) is 16.8. The molecular weight excluding hydrogens is 484 g/mol. The number of aryl methyl sites for hydroxylation is 2. The van der Waals surface area contributed by atoms with Crippen molar-refractivity contribution in [3.05, 3.63) is 99.7 Å². The van der Waals surface area contributed by atoms with Crippen molar-refractivity contribution in [3.8, 4) is 11.5 Å². The quantitative estimate of drug-likeness (QED) is 0.380. The molecule has 0 unspecified atom stereocenters. The number of rotatable bonds is 6. The summed E-state index contributed by atoms with van der Waals surface area (Å²) in [7, 11) is 0. The Balaban J connectivity index is 2.06. The first-order valence-electron chi connectivity index (χ1n) is 11.9. The average molecular weight is 520 g/mol. The van der Waals surface area contributed by atoms with Gasteiger partial charge in [-0.15, -0.1) is 0 Å². The standard InChI is InChI=1S/2C8H11.2C7H8O.Zr/c2*1-6-4-7(2)8(3)5-6;2*1-6-4-2-3-5-7(6)8;/h2*4H2,1-3H3;2*2-5,8H,1H3;/q;;;;+2/p-2. The SMILES string of the molecule is CC1=C(C)[C]([Zr]([O]c2ccccc2C)([O]c2ccccc2C)[C]2=C(C)CC(C)=C2C)=C(C)C1. The summed E-state index contributed by atoms with van der Waals surface area (Å²) in [5.74, 6) is 1.88. The minimum absolute atomic E-state index is 0.942. The van der Waals surface area contributed by atoms with Gasteiger partial charge in [0.1, 0.15) is 0 Å². The van der Waals surface area contributed by atoms with E-state index < -0.39 is 21.1 Å². The van der Waals surface area contributed by atoms with Gasteiger partial charge in [-0.05, 0) is 0 Å². The molecule has 2 aliphatic rings. The Labute approximate surface area is 205 Å². The normalized spacial score (nSPS) is 17.0. The van der Waals surface area contributed by atoms with Gasteiger partial charge in [-0.2, -0.15) is 0 Å². The molecule has 0 saturated heterocycles. The molecular formula is C30H36O2Zr. The number of benzene rings is 2.